The zero-order valence-corrected chi connectivity index (χ0v) is 14.6. The highest BCUT2D eigenvalue weighted by Crippen LogP contribution is 2.14. The van der Waals surface area contributed by atoms with Gasteiger partial charge in [-0.15, -0.1) is 12.4 Å². The van der Waals surface area contributed by atoms with E-state index < -0.39 is 11.6 Å². The third kappa shape index (κ3) is 7.17. The predicted octanol–water partition coefficient (Wildman–Crippen LogP) is 2.83. The normalized spacial score (nSPS) is 10.4. The van der Waals surface area contributed by atoms with Crippen LogP contribution in [0, 0.1) is 11.6 Å². The second-order valence-electron chi connectivity index (χ2n) is 5.47. The molecule has 0 aliphatic rings. The molecule has 0 aliphatic heterocycles. The van der Waals surface area contributed by atoms with Crippen LogP contribution < -0.4 is 11.1 Å². The van der Waals surface area contributed by atoms with E-state index in [9.17, 15) is 13.6 Å². The molecule has 0 aliphatic carbocycles. The van der Waals surface area contributed by atoms with E-state index in [2.05, 4.69) is 5.32 Å². The average Bonchev–Trinajstić information content (AvgIpc) is 2.56. The van der Waals surface area contributed by atoms with Crippen LogP contribution in [0.25, 0.3) is 0 Å². The van der Waals surface area contributed by atoms with Crippen molar-refractivity contribution in [2.24, 2.45) is 5.73 Å². The minimum atomic E-state index is -0.794. The summed E-state index contributed by atoms with van der Waals surface area (Å²) in [6.45, 7) is 1.75. The molecule has 0 atom stereocenters. The fraction of sp³-hybridized carbons (Fsp3) is 0.278. The molecule has 0 radical (unpaired) electrons. The highest BCUT2D eigenvalue weighted by atomic mass is 35.5. The van der Waals surface area contributed by atoms with E-state index in [1.165, 1.54) is 11.6 Å². The first-order valence-corrected chi connectivity index (χ1v) is 7.79. The van der Waals surface area contributed by atoms with Gasteiger partial charge in [-0.25, -0.2) is 8.78 Å². The van der Waals surface area contributed by atoms with Crippen molar-refractivity contribution in [3.05, 3.63) is 65.7 Å². The number of anilines is 1. The summed E-state index contributed by atoms with van der Waals surface area (Å²) in [4.78, 5) is 14.0. The van der Waals surface area contributed by atoms with E-state index >= 15 is 0 Å². The number of hydrogen-bond acceptors (Lipinski definition) is 3. The summed E-state index contributed by atoms with van der Waals surface area (Å²) < 4.78 is 26.5. The SMILES string of the molecule is Cl.NCCN(CCc1ccccc1)CC(=O)Nc1ccc(F)cc1F. The second kappa shape index (κ2) is 10.8. The van der Waals surface area contributed by atoms with Gasteiger partial charge in [-0.05, 0) is 24.1 Å². The highest BCUT2D eigenvalue weighted by Gasteiger charge is 2.12. The van der Waals surface area contributed by atoms with E-state index in [1.807, 2.05) is 35.2 Å². The van der Waals surface area contributed by atoms with Gasteiger partial charge in [0.1, 0.15) is 11.6 Å². The van der Waals surface area contributed by atoms with Crippen molar-refractivity contribution < 1.29 is 13.6 Å². The zero-order chi connectivity index (χ0) is 17.4. The number of carbonyl (C=O) groups excluding carboxylic acids is 1. The molecule has 2 aromatic carbocycles. The molecule has 3 N–H and O–H groups in total. The van der Waals surface area contributed by atoms with Crippen molar-refractivity contribution >= 4 is 24.0 Å². The van der Waals surface area contributed by atoms with Gasteiger partial charge < -0.3 is 11.1 Å². The molecule has 0 unspecified atom stereocenters. The van der Waals surface area contributed by atoms with Gasteiger partial charge in [0.2, 0.25) is 5.91 Å². The number of hydrogen-bond donors (Lipinski definition) is 2. The van der Waals surface area contributed by atoms with Gasteiger partial charge in [0.05, 0.1) is 12.2 Å². The van der Waals surface area contributed by atoms with Crippen molar-refractivity contribution in [2.75, 3.05) is 31.5 Å². The number of benzene rings is 2. The third-order valence-corrected chi connectivity index (χ3v) is 3.58. The average molecular weight is 370 g/mol. The molecule has 25 heavy (non-hydrogen) atoms. The first-order valence-electron chi connectivity index (χ1n) is 7.79. The quantitative estimate of drug-likeness (QED) is 0.752. The Morgan fingerprint density at radius 2 is 1.80 bits per heavy atom. The van der Waals surface area contributed by atoms with E-state index in [0.29, 0.717) is 19.6 Å². The molecule has 2 rings (SSSR count). The molecule has 0 saturated carbocycles. The van der Waals surface area contributed by atoms with Crippen LogP contribution in [0.15, 0.2) is 48.5 Å². The Bertz CT molecular complexity index is 671. The smallest absolute Gasteiger partial charge is 0.238 e. The highest BCUT2D eigenvalue weighted by molar-refractivity contribution is 5.92. The van der Waals surface area contributed by atoms with Crippen LogP contribution in [0.2, 0.25) is 0 Å². The number of carbonyl (C=O) groups is 1. The van der Waals surface area contributed by atoms with E-state index in [4.69, 9.17) is 5.73 Å². The maximum atomic E-state index is 13.6. The van der Waals surface area contributed by atoms with Crippen LogP contribution in [0.3, 0.4) is 0 Å². The van der Waals surface area contributed by atoms with Crippen molar-refractivity contribution in [2.45, 2.75) is 6.42 Å². The van der Waals surface area contributed by atoms with Crippen molar-refractivity contribution in [3.8, 4) is 0 Å². The maximum absolute atomic E-state index is 13.6. The molecular formula is C18H22ClF2N3O. The van der Waals surface area contributed by atoms with E-state index in [1.54, 1.807) is 0 Å². The van der Waals surface area contributed by atoms with Crippen molar-refractivity contribution in [1.82, 2.24) is 4.90 Å². The maximum Gasteiger partial charge on any atom is 0.238 e. The van der Waals surface area contributed by atoms with Gasteiger partial charge in [0.15, 0.2) is 0 Å². The monoisotopic (exact) mass is 369 g/mol. The van der Waals surface area contributed by atoms with Crippen LogP contribution in [0.5, 0.6) is 0 Å². The fourth-order valence-electron chi connectivity index (χ4n) is 2.37. The van der Waals surface area contributed by atoms with Gasteiger partial charge in [0, 0.05) is 25.7 Å². The van der Waals surface area contributed by atoms with Crippen molar-refractivity contribution in [1.29, 1.82) is 0 Å². The molecular weight excluding hydrogens is 348 g/mol. The lowest BCUT2D eigenvalue weighted by molar-refractivity contribution is -0.117. The Labute approximate surface area is 152 Å². The first-order chi connectivity index (χ1) is 11.6. The van der Waals surface area contributed by atoms with Gasteiger partial charge in [-0.1, -0.05) is 30.3 Å². The Kier molecular flexibility index (Phi) is 9.05. The van der Waals surface area contributed by atoms with Gasteiger partial charge in [0.25, 0.3) is 0 Å². The number of halogens is 3. The molecule has 1 amide bonds. The van der Waals surface area contributed by atoms with Crippen LogP contribution in [-0.2, 0) is 11.2 Å². The number of amides is 1. The molecule has 136 valence electrons. The number of rotatable bonds is 8. The molecule has 7 heteroatoms. The van der Waals surface area contributed by atoms with E-state index in [-0.39, 0.29) is 30.5 Å². The summed E-state index contributed by atoms with van der Waals surface area (Å²) in [6.07, 6.45) is 0.791. The minimum Gasteiger partial charge on any atom is -0.329 e. The fourth-order valence-corrected chi connectivity index (χ4v) is 2.37. The summed E-state index contributed by atoms with van der Waals surface area (Å²) in [5.41, 5.74) is 6.73. The van der Waals surface area contributed by atoms with Gasteiger partial charge in [-0.2, -0.15) is 0 Å². The number of nitrogens with zero attached hydrogens (tertiary/aromatic N) is 1. The number of nitrogens with one attached hydrogen (secondary N) is 1. The Balaban J connectivity index is 0.00000312. The van der Waals surface area contributed by atoms with Crippen LogP contribution in [0.1, 0.15) is 5.56 Å². The zero-order valence-electron chi connectivity index (χ0n) is 13.8. The number of nitrogens with two attached hydrogens (primary N) is 1. The lowest BCUT2D eigenvalue weighted by Crippen LogP contribution is -2.38. The van der Waals surface area contributed by atoms with Crippen LogP contribution in [0.4, 0.5) is 14.5 Å². The van der Waals surface area contributed by atoms with Crippen LogP contribution in [-0.4, -0.2) is 37.0 Å². The summed E-state index contributed by atoms with van der Waals surface area (Å²) in [5.74, 6) is -1.84. The molecule has 0 spiro atoms. The molecule has 4 nitrogen and oxygen atoms in total. The van der Waals surface area contributed by atoms with Gasteiger partial charge >= 0.3 is 0 Å². The molecule has 2 aromatic rings. The summed E-state index contributed by atoms with van der Waals surface area (Å²) in [5, 5.41) is 2.46. The summed E-state index contributed by atoms with van der Waals surface area (Å²) in [7, 11) is 0. The summed E-state index contributed by atoms with van der Waals surface area (Å²) in [6, 6.07) is 13.0. The molecule has 0 fully saturated rings. The van der Waals surface area contributed by atoms with Gasteiger partial charge in [-0.3, -0.25) is 9.69 Å². The Hall–Kier alpha value is -2.02. The van der Waals surface area contributed by atoms with E-state index in [0.717, 1.165) is 18.6 Å². The lowest BCUT2D eigenvalue weighted by atomic mass is 10.1. The first kappa shape index (κ1) is 21.0. The lowest BCUT2D eigenvalue weighted by Gasteiger charge is -2.21. The topological polar surface area (TPSA) is 58.4 Å². The van der Waals surface area contributed by atoms with Crippen molar-refractivity contribution in [3.63, 3.8) is 0 Å². The Morgan fingerprint density at radius 3 is 2.44 bits per heavy atom. The standard InChI is InChI=1S/C18H21F2N3O.ClH/c19-15-6-7-17(16(20)12-15)22-18(24)13-23(11-9-21)10-8-14-4-2-1-3-5-14;/h1-7,12H,8-11,13,21H2,(H,22,24);1H. The predicted molar refractivity (Wildman–Crippen MR) is 97.9 cm³/mol. The second-order valence-corrected chi connectivity index (χ2v) is 5.47. The third-order valence-electron chi connectivity index (χ3n) is 3.58. The van der Waals surface area contributed by atoms with Crippen LogP contribution >= 0.6 is 12.4 Å². The largest absolute Gasteiger partial charge is 0.329 e. The molecule has 0 saturated heterocycles. The Morgan fingerprint density at radius 1 is 1.08 bits per heavy atom. The summed E-state index contributed by atoms with van der Waals surface area (Å²) >= 11 is 0. The molecule has 0 aromatic heterocycles. The minimum absolute atomic E-state index is 0. The molecule has 0 heterocycles. The molecule has 0 bridgehead atoms.